The van der Waals surface area contributed by atoms with Gasteiger partial charge in [-0.15, -0.1) is 0 Å². The highest BCUT2D eigenvalue weighted by atomic mass is 79.9. The van der Waals surface area contributed by atoms with Crippen molar-refractivity contribution < 1.29 is 13.6 Å². The Labute approximate surface area is 118 Å². The summed E-state index contributed by atoms with van der Waals surface area (Å²) in [4.78, 5) is 12.2. The van der Waals surface area contributed by atoms with E-state index in [-0.39, 0.29) is 11.1 Å². The molecule has 0 N–H and O–H groups in total. The minimum Gasteiger partial charge on any atom is -0.288 e. The molecule has 0 heterocycles. The van der Waals surface area contributed by atoms with E-state index in [0.717, 1.165) is 17.7 Å². The molecule has 0 fully saturated rings. The number of halogens is 3. The van der Waals surface area contributed by atoms with Crippen LogP contribution in [-0.4, -0.2) is 5.78 Å². The highest BCUT2D eigenvalue weighted by molar-refractivity contribution is 9.10. The maximum atomic E-state index is 13.8. The van der Waals surface area contributed by atoms with Gasteiger partial charge in [-0.2, -0.15) is 0 Å². The van der Waals surface area contributed by atoms with Crippen molar-refractivity contribution in [2.24, 2.45) is 0 Å². The number of aryl methyl sites for hydroxylation is 2. The Morgan fingerprint density at radius 3 is 2.32 bits per heavy atom. The van der Waals surface area contributed by atoms with Gasteiger partial charge in [0, 0.05) is 10.0 Å². The van der Waals surface area contributed by atoms with Gasteiger partial charge in [-0.25, -0.2) is 8.78 Å². The van der Waals surface area contributed by atoms with Gasteiger partial charge in [0.05, 0.1) is 5.56 Å². The van der Waals surface area contributed by atoms with E-state index in [1.807, 2.05) is 6.92 Å². The highest BCUT2D eigenvalue weighted by Crippen LogP contribution is 2.24. The van der Waals surface area contributed by atoms with E-state index < -0.39 is 17.4 Å². The predicted molar refractivity (Wildman–Crippen MR) is 73.4 cm³/mol. The fraction of sp³-hybridized carbons (Fsp3) is 0.133. The van der Waals surface area contributed by atoms with E-state index in [0.29, 0.717) is 10.0 Å². The molecule has 1 nitrogen and oxygen atoms in total. The van der Waals surface area contributed by atoms with E-state index in [1.54, 1.807) is 18.2 Å². The number of carbonyl (C=O) groups is 1. The summed E-state index contributed by atoms with van der Waals surface area (Å²) in [5.41, 5.74) is 1.21. The van der Waals surface area contributed by atoms with Crippen LogP contribution in [0, 0.1) is 25.5 Å². The zero-order valence-electron chi connectivity index (χ0n) is 10.4. The number of ketones is 1. The molecule has 0 amide bonds. The molecule has 0 atom stereocenters. The standard InChI is InChI=1S/C15H11BrF2O/c1-8-3-4-10(12(16)5-8)15(19)11-7-13(17)9(2)6-14(11)18/h3-7H,1-2H3. The molecule has 19 heavy (non-hydrogen) atoms. The Morgan fingerprint density at radius 1 is 1.00 bits per heavy atom. The third-order valence-corrected chi connectivity index (χ3v) is 3.52. The van der Waals surface area contributed by atoms with Gasteiger partial charge in [0.25, 0.3) is 0 Å². The maximum absolute atomic E-state index is 13.8. The van der Waals surface area contributed by atoms with Crippen LogP contribution in [0.25, 0.3) is 0 Å². The number of rotatable bonds is 2. The highest BCUT2D eigenvalue weighted by Gasteiger charge is 2.18. The number of benzene rings is 2. The second-order valence-electron chi connectivity index (χ2n) is 4.39. The number of hydrogen-bond acceptors (Lipinski definition) is 1. The molecule has 0 saturated carbocycles. The fourth-order valence-electron chi connectivity index (χ4n) is 1.77. The molecule has 0 spiro atoms. The Balaban J connectivity index is 2.53. The average Bonchev–Trinajstić information content (AvgIpc) is 2.33. The van der Waals surface area contributed by atoms with Crippen LogP contribution in [0.5, 0.6) is 0 Å². The van der Waals surface area contributed by atoms with Gasteiger partial charge in [-0.05, 0) is 49.2 Å². The average molecular weight is 325 g/mol. The first-order valence-electron chi connectivity index (χ1n) is 5.66. The molecule has 0 aromatic heterocycles. The van der Waals surface area contributed by atoms with Crippen LogP contribution in [0.1, 0.15) is 27.0 Å². The van der Waals surface area contributed by atoms with Crippen LogP contribution in [0.15, 0.2) is 34.8 Å². The van der Waals surface area contributed by atoms with E-state index in [9.17, 15) is 13.6 Å². The second-order valence-corrected chi connectivity index (χ2v) is 5.25. The summed E-state index contributed by atoms with van der Waals surface area (Å²) in [5.74, 6) is -1.84. The topological polar surface area (TPSA) is 17.1 Å². The van der Waals surface area contributed by atoms with Crippen LogP contribution in [-0.2, 0) is 0 Å². The molecular formula is C15H11BrF2O. The lowest BCUT2D eigenvalue weighted by Crippen LogP contribution is -2.07. The minimum absolute atomic E-state index is 0.178. The van der Waals surface area contributed by atoms with Gasteiger partial charge in [0.15, 0.2) is 5.78 Å². The molecule has 0 saturated heterocycles. The Hall–Kier alpha value is -1.55. The molecule has 0 bridgehead atoms. The molecule has 0 aliphatic heterocycles. The Bertz CT molecular complexity index is 665. The van der Waals surface area contributed by atoms with E-state index >= 15 is 0 Å². The first-order valence-corrected chi connectivity index (χ1v) is 6.46. The van der Waals surface area contributed by atoms with E-state index in [1.165, 1.54) is 6.92 Å². The van der Waals surface area contributed by atoms with Crippen molar-refractivity contribution in [2.75, 3.05) is 0 Å². The molecule has 2 aromatic rings. The van der Waals surface area contributed by atoms with Crippen LogP contribution >= 0.6 is 15.9 Å². The lowest BCUT2D eigenvalue weighted by atomic mass is 10.0. The van der Waals surface area contributed by atoms with Gasteiger partial charge >= 0.3 is 0 Å². The largest absolute Gasteiger partial charge is 0.288 e. The van der Waals surface area contributed by atoms with Gasteiger partial charge in [-0.3, -0.25) is 4.79 Å². The van der Waals surface area contributed by atoms with Crippen molar-refractivity contribution in [2.45, 2.75) is 13.8 Å². The zero-order chi connectivity index (χ0) is 14.2. The molecule has 2 rings (SSSR count). The van der Waals surface area contributed by atoms with Crippen LogP contribution < -0.4 is 0 Å². The van der Waals surface area contributed by atoms with Crippen molar-refractivity contribution >= 4 is 21.7 Å². The molecule has 2 aromatic carbocycles. The molecule has 0 aliphatic rings. The molecule has 0 aliphatic carbocycles. The summed E-state index contributed by atoms with van der Waals surface area (Å²) >= 11 is 3.27. The van der Waals surface area contributed by atoms with Crippen LogP contribution in [0.2, 0.25) is 0 Å². The molecule has 0 unspecified atom stereocenters. The lowest BCUT2D eigenvalue weighted by Gasteiger charge is -2.07. The Morgan fingerprint density at radius 2 is 1.68 bits per heavy atom. The quantitative estimate of drug-likeness (QED) is 0.739. The number of hydrogen-bond donors (Lipinski definition) is 0. The summed E-state index contributed by atoms with van der Waals surface area (Å²) in [6.45, 7) is 3.33. The summed E-state index contributed by atoms with van der Waals surface area (Å²) < 4.78 is 27.8. The normalized spacial score (nSPS) is 10.6. The summed E-state index contributed by atoms with van der Waals surface area (Å²) in [6.07, 6.45) is 0. The smallest absolute Gasteiger partial charge is 0.197 e. The minimum atomic E-state index is -0.712. The summed E-state index contributed by atoms with van der Waals surface area (Å²) in [5, 5.41) is 0. The van der Waals surface area contributed by atoms with Gasteiger partial charge in [-0.1, -0.05) is 22.0 Å². The van der Waals surface area contributed by atoms with E-state index in [2.05, 4.69) is 15.9 Å². The van der Waals surface area contributed by atoms with Crippen LogP contribution in [0.4, 0.5) is 8.78 Å². The van der Waals surface area contributed by atoms with Gasteiger partial charge in [0.1, 0.15) is 11.6 Å². The van der Waals surface area contributed by atoms with Crippen molar-refractivity contribution in [3.8, 4) is 0 Å². The predicted octanol–water partition coefficient (Wildman–Crippen LogP) is 4.58. The lowest BCUT2D eigenvalue weighted by molar-refractivity contribution is 0.103. The molecule has 98 valence electrons. The first-order chi connectivity index (χ1) is 8.90. The number of carbonyl (C=O) groups excluding carboxylic acids is 1. The third kappa shape index (κ3) is 2.73. The van der Waals surface area contributed by atoms with Crippen molar-refractivity contribution in [3.63, 3.8) is 0 Å². The van der Waals surface area contributed by atoms with Gasteiger partial charge in [0.2, 0.25) is 0 Å². The molecular weight excluding hydrogens is 314 g/mol. The zero-order valence-corrected chi connectivity index (χ0v) is 12.0. The Kier molecular flexibility index (Phi) is 3.80. The molecule has 0 radical (unpaired) electrons. The van der Waals surface area contributed by atoms with Crippen LogP contribution in [0.3, 0.4) is 0 Å². The fourth-order valence-corrected chi connectivity index (χ4v) is 2.44. The van der Waals surface area contributed by atoms with E-state index in [4.69, 9.17) is 0 Å². The summed E-state index contributed by atoms with van der Waals surface area (Å²) in [6, 6.07) is 7.08. The SMILES string of the molecule is Cc1ccc(C(=O)c2cc(F)c(C)cc2F)c(Br)c1. The monoisotopic (exact) mass is 324 g/mol. The van der Waals surface area contributed by atoms with Gasteiger partial charge < -0.3 is 0 Å². The first kappa shape index (κ1) is 13.9. The van der Waals surface area contributed by atoms with Crippen molar-refractivity contribution in [1.82, 2.24) is 0 Å². The second kappa shape index (κ2) is 5.21. The third-order valence-electron chi connectivity index (χ3n) is 2.86. The maximum Gasteiger partial charge on any atom is 0.197 e. The van der Waals surface area contributed by atoms with Crippen molar-refractivity contribution in [1.29, 1.82) is 0 Å². The summed E-state index contributed by atoms with van der Waals surface area (Å²) in [7, 11) is 0. The molecule has 4 heteroatoms. The van der Waals surface area contributed by atoms with Crippen molar-refractivity contribution in [3.05, 3.63) is 68.7 Å².